The van der Waals surface area contributed by atoms with E-state index in [-0.39, 0.29) is 0 Å². The summed E-state index contributed by atoms with van der Waals surface area (Å²) in [6.45, 7) is 3.16. The van der Waals surface area contributed by atoms with Crippen molar-refractivity contribution in [1.82, 2.24) is 9.55 Å². The minimum absolute atomic E-state index is 0.952. The van der Waals surface area contributed by atoms with Crippen molar-refractivity contribution in [3.8, 4) is 11.1 Å². The quantitative estimate of drug-likeness (QED) is 0.277. The third-order valence-corrected chi connectivity index (χ3v) is 5.92. The second kappa shape index (κ2) is 6.09. The largest absolute Gasteiger partial charge is 0.341 e. The number of hydrogen-bond donors (Lipinski definition) is 0. The fourth-order valence-electron chi connectivity index (χ4n) is 4.03. The van der Waals surface area contributed by atoms with E-state index >= 15 is 0 Å². The van der Waals surface area contributed by atoms with E-state index in [0.29, 0.717) is 0 Å². The maximum absolute atomic E-state index is 4.74. The first kappa shape index (κ1) is 15.8. The Hall–Kier alpha value is -2.40. The Labute approximate surface area is 165 Å². The molecule has 0 atom stereocenters. The Morgan fingerprint density at radius 1 is 0.846 bits per heavy atom. The highest BCUT2D eigenvalue weighted by atomic mass is 127. The Morgan fingerprint density at radius 2 is 1.62 bits per heavy atom. The van der Waals surface area contributed by atoms with Crippen molar-refractivity contribution in [2.45, 2.75) is 13.5 Å². The molecule has 0 saturated heterocycles. The molecule has 0 spiro atoms. The molecular weight excluding hydrogens is 431 g/mol. The first-order chi connectivity index (χ1) is 12.8. The van der Waals surface area contributed by atoms with Crippen LogP contribution in [0.2, 0.25) is 0 Å². The molecule has 0 amide bonds. The molecule has 3 heteroatoms. The predicted molar refractivity (Wildman–Crippen MR) is 119 cm³/mol. The number of nitrogens with zero attached hydrogens (tertiary/aromatic N) is 2. The zero-order chi connectivity index (χ0) is 17.7. The Morgan fingerprint density at radius 3 is 2.42 bits per heavy atom. The molecule has 0 radical (unpaired) electrons. The van der Waals surface area contributed by atoms with E-state index in [1.807, 2.05) is 6.20 Å². The third-order valence-electron chi connectivity index (χ3n) is 5.10. The lowest BCUT2D eigenvalue weighted by molar-refractivity contribution is 0.827. The van der Waals surface area contributed by atoms with E-state index in [0.717, 1.165) is 12.1 Å². The molecule has 2 aromatic heterocycles. The Kier molecular flexibility index (Phi) is 3.71. The summed E-state index contributed by atoms with van der Waals surface area (Å²) in [4.78, 5) is 4.74. The van der Waals surface area contributed by atoms with E-state index in [2.05, 4.69) is 101 Å². The minimum atomic E-state index is 0.952. The molecule has 0 unspecified atom stereocenters. The van der Waals surface area contributed by atoms with Gasteiger partial charge in [0.15, 0.2) is 0 Å². The van der Waals surface area contributed by atoms with Gasteiger partial charge in [0.1, 0.15) is 0 Å². The molecule has 2 heterocycles. The van der Waals surface area contributed by atoms with Gasteiger partial charge in [-0.2, -0.15) is 0 Å². The molecule has 0 saturated carbocycles. The molecule has 0 aliphatic heterocycles. The van der Waals surface area contributed by atoms with E-state index < -0.39 is 0 Å². The van der Waals surface area contributed by atoms with Crippen molar-refractivity contribution in [3.05, 3.63) is 76.5 Å². The molecule has 0 N–H and O–H groups in total. The van der Waals surface area contributed by atoms with Crippen LogP contribution in [0.5, 0.6) is 0 Å². The van der Waals surface area contributed by atoms with E-state index in [1.165, 1.54) is 41.9 Å². The zero-order valence-electron chi connectivity index (χ0n) is 14.4. The number of para-hydroxylation sites is 1. The molecule has 0 bridgehead atoms. The van der Waals surface area contributed by atoms with Crippen molar-refractivity contribution < 1.29 is 0 Å². The summed E-state index contributed by atoms with van der Waals surface area (Å²) in [7, 11) is 0. The van der Waals surface area contributed by atoms with Crippen LogP contribution in [0.4, 0.5) is 0 Å². The average molecular weight is 448 g/mol. The molecule has 2 nitrogen and oxygen atoms in total. The van der Waals surface area contributed by atoms with Crippen molar-refractivity contribution in [1.29, 1.82) is 0 Å². The minimum Gasteiger partial charge on any atom is -0.341 e. The Balaban J connectivity index is 2.08. The monoisotopic (exact) mass is 448 g/mol. The summed E-state index contributed by atoms with van der Waals surface area (Å²) >= 11 is 2.42. The fraction of sp³-hybridized carbons (Fsp3) is 0.0870. The second-order valence-corrected chi connectivity index (χ2v) is 7.62. The SMILES string of the molecule is CCn1c2ccccc2c2c3c(-c4ccccc4)c(I)cnc3ccc21. The van der Waals surface area contributed by atoms with Gasteiger partial charge < -0.3 is 4.57 Å². The predicted octanol–water partition coefficient (Wildman–Crippen LogP) is 6.63. The van der Waals surface area contributed by atoms with Gasteiger partial charge in [0, 0.05) is 49.1 Å². The second-order valence-electron chi connectivity index (χ2n) is 6.46. The van der Waals surface area contributed by atoms with E-state index in [9.17, 15) is 0 Å². The van der Waals surface area contributed by atoms with Crippen LogP contribution in [0.15, 0.2) is 72.9 Å². The van der Waals surface area contributed by atoms with Crippen LogP contribution < -0.4 is 0 Å². The lowest BCUT2D eigenvalue weighted by Crippen LogP contribution is -1.94. The summed E-state index contributed by atoms with van der Waals surface area (Å²) in [5, 5.41) is 3.87. The standard InChI is InChI=1S/C23H17IN2/c1-2-26-19-11-7-6-10-16(19)22-20(26)13-12-18-23(22)21(17(24)14-25-18)15-8-4-3-5-9-15/h3-14H,2H2,1H3. The van der Waals surface area contributed by atoms with Crippen molar-refractivity contribution in [3.63, 3.8) is 0 Å². The maximum Gasteiger partial charge on any atom is 0.0716 e. The lowest BCUT2D eigenvalue weighted by Gasteiger charge is -2.11. The number of hydrogen-bond acceptors (Lipinski definition) is 1. The molecule has 0 fully saturated rings. The number of aryl methyl sites for hydroxylation is 1. The number of pyridine rings is 1. The zero-order valence-corrected chi connectivity index (χ0v) is 16.6. The van der Waals surface area contributed by atoms with Crippen molar-refractivity contribution >= 4 is 55.3 Å². The molecule has 5 aromatic rings. The first-order valence-electron chi connectivity index (χ1n) is 8.83. The molecular formula is C23H17IN2. The highest BCUT2D eigenvalue weighted by molar-refractivity contribution is 14.1. The number of benzene rings is 3. The first-order valence-corrected chi connectivity index (χ1v) is 9.91. The average Bonchev–Trinajstić information content (AvgIpc) is 3.02. The topological polar surface area (TPSA) is 17.8 Å². The van der Waals surface area contributed by atoms with Crippen LogP contribution in [-0.4, -0.2) is 9.55 Å². The van der Waals surface area contributed by atoms with E-state index in [4.69, 9.17) is 4.98 Å². The highest BCUT2D eigenvalue weighted by Gasteiger charge is 2.17. The fourth-order valence-corrected chi connectivity index (χ4v) is 4.75. The van der Waals surface area contributed by atoms with Crippen LogP contribution >= 0.6 is 22.6 Å². The molecule has 3 aromatic carbocycles. The summed E-state index contributed by atoms with van der Waals surface area (Å²) in [5.41, 5.74) is 6.14. The van der Waals surface area contributed by atoms with Gasteiger partial charge in [-0.15, -0.1) is 0 Å². The van der Waals surface area contributed by atoms with Gasteiger partial charge in [0.2, 0.25) is 0 Å². The van der Waals surface area contributed by atoms with Crippen molar-refractivity contribution in [2.75, 3.05) is 0 Å². The number of aromatic nitrogens is 2. The highest BCUT2D eigenvalue weighted by Crippen LogP contribution is 2.40. The van der Waals surface area contributed by atoms with Gasteiger partial charge in [-0.25, -0.2) is 0 Å². The van der Waals surface area contributed by atoms with Gasteiger partial charge in [-0.3, -0.25) is 4.98 Å². The smallest absolute Gasteiger partial charge is 0.0716 e. The van der Waals surface area contributed by atoms with Crippen LogP contribution in [0.25, 0.3) is 43.8 Å². The van der Waals surface area contributed by atoms with Gasteiger partial charge >= 0.3 is 0 Å². The van der Waals surface area contributed by atoms with Gasteiger partial charge in [-0.05, 0) is 53.3 Å². The summed E-state index contributed by atoms with van der Waals surface area (Å²) in [6.07, 6.45) is 1.98. The van der Waals surface area contributed by atoms with Crippen LogP contribution in [0, 0.1) is 3.57 Å². The summed E-state index contributed by atoms with van der Waals surface area (Å²) in [6, 6.07) is 23.7. The lowest BCUT2D eigenvalue weighted by atomic mass is 9.97. The van der Waals surface area contributed by atoms with Crippen LogP contribution in [-0.2, 0) is 6.54 Å². The maximum atomic E-state index is 4.74. The molecule has 0 aliphatic carbocycles. The summed E-state index contributed by atoms with van der Waals surface area (Å²) in [5.74, 6) is 0. The Bertz CT molecular complexity index is 1270. The summed E-state index contributed by atoms with van der Waals surface area (Å²) < 4.78 is 3.58. The number of halogens is 1. The van der Waals surface area contributed by atoms with Crippen LogP contribution in [0.1, 0.15) is 6.92 Å². The number of rotatable bonds is 2. The van der Waals surface area contributed by atoms with Crippen LogP contribution in [0.3, 0.4) is 0 Å². The van der Waals surface area contributed by atoms with Crippen molar-refractivity contribution in [2.24, 2.45) is 0 Å². The van der Waals surface area contributed by atoms with Gasteiger partial charge in [-0.1, -0.05) is 48.5 Å². The molecule has 0 aliphatic rings. The number of fused-ring (bicyclic) bond motifs is 5. The molecule has 126 valence electrons. The third kappa shape index (κ3) is 2.20. The van der Waals surface area contributed by atoms with Gasteiger partial charge in [0.05, 0.1) is 5.52 Å². The molecule has 26 heavy (non-hydrogen) atoms. The van der Waals surface area contributed by atoms with Gasteiger partial charge in [0.25, 0.3) is 0 Å². The molecule has 5 rings (SSSR count). The normalized spacial score (nSPS) is 11.6. The van der Waals surface area contributed by atoms with E-state index in [1.54, 1.807) is 0 Å².